The number of rotatable bonds is 3. The molecule has 0 aromatic heterocycles. The summed E-state index contributed by atoms with van der Waals surface area (Å²) in [5.74, 6) is -1.02. The number of hydrogen-bond acceptors (Lipinski definition) is 2. The molecular weight excluding hydrogens is 337 g/mol. The minimum absolute atomic E-state index is 0.0674. The first kappa shape index (κ1) is 15.4. The lowest BCUT2D eigenvalue weighted by atomic mass is 9.73. The fourth-order valence-electron chi connectivity index (χ4n) is 2.46. The Morgan fingerprint density at radius 1 is 1.35 bits per heavy atom. The summed E-state index contributed by atoms with van der Waals surface area (Å²) in [6, 6.07) is 3.62. The molecule has 1 aromatic carbocycles. The molecule has 0 saturated heterocycles. The zero-order valence-electron chi connectivity index (χ0n) is 10.8. The van der Waals surface area contributed by atoms with E-state index < -0.39 is 23.6 Å². The van der Waals surface area contributed by atoms with Crippen LogP contribution in [0.4, 0.5) is 13.2 Å². The molecule has 0 radical (unpaired) electrons. The summed E-state index contributed by atoms with van der Waals surface area (Å²) in [5, 5.41) is 0. The second-order valence-corrected chi connectivity index (χ2v) is 5.88. The Labute approximate surface area is 123 Å². The first-order chi connectivity index (χ1) is 9.32. The van der Waals surface area contributed by atoms with Crippen LogP contribution in [-0.4, -0.2) is 13.1 Å². The normalized spacial score (nSPS) is 17.4. The van der Waals surface area contributed by atoms with Gasteiger partial charge in [0.1, 0.15) is 0 Å². The first-order valence-corrected chi connectivity index (χ1v) is 7.07. The van der Waals surface area contributed by atoms with Gasteiger partial charge in [-0.1, -0.05) is 22.4 Å². The number of halogens is 4. The molecule has 1 aromatic rings. The highest BCUT2D eigenvalue weighted by atomic mass is 79.9. The zero-order valence-corrected chi connectivity index (χ0v) is 12.4. The van der Waals surface area contributed by atoms with Crippen LogP contribution in [0.25, 0.3) is 0 Å². The molecule has 110 valence electrons. The molecule has 1 atom stereocenters. The van der Waals surface area contributed by atoms with E-state index in [9.17, 15) is 18.0 Å². The maximum absolute atomic E-state index is 12.9. The van der Waals surface area contributed by atoms with Crippen LogP contribution in [0, 0.1) is 5.92 Å². The Morgan fingerprint density at radius 3 is 2.45 bits per heavy atom. The summed E-state index contributed by atoms with van der Waals surface area (Å²) in [6.45, 7) is 0. The number of carbonyl (C=O) groups is 1. The van der Waals surface area contributed by atoms with Crippen LogP contribution in [-0.2, 0) is 15.7 Å². The number of carbonyl (C=O) groups excluding carboxylic acids is 1. The van der Waals surface area contributed by atoms with Gasteiger partial charge in [-0.15, -0.1) is 0 Å². The molecule has 0 aliphatic heterocycles. The van der Waals surface area contributed by atoms with E-state index in [1.54, 1.807) is 6.07 Å². The maximum Gasteiger partial charge on any atom is 0.416 e. The van der Waals surface area contributed by atoms with Gasteiger partial charge in [0.25, 0.3) is 0 Å². The number of hydrogen-bond donors (Lipinski definition) is 0. The molecule has 0 spiro atoms. The van der Waals surface area contributed by atoms with Gasteiger partial charge in [0, 0.05) is 4.47 Å². The summed E-state index contributed by atoms with van der Waals surface area (Å²) in [5.41, 5.74) is -0.390. The van der Waals surface area contributed by atoms with Crippen LogP contribution in [0.1, 0.15) is 36.3 Å². The fraction of sp³-hybridized carbons (Fsp3) is 0.500. The van der Waals surface area contributed by atoms with Crippen LogP contribution < -0.4 is 0 Å². The van der Waals surface area contributed by atoms with E-state index in [1.165, 1.54) is 7.11 Å². The van der Waals surface area contributed by atoms with E-state index in [0.717, 1.165) is 31.4 Å². The van der Waals surface area contributed by atoms with Crippen LogP contribution in [0.15, 0.2) is 22.7 Å². The summed E-state index contributed by atoms with van der Waals surface area (Å²) in [7, 11) is 1.26. The Kier molecular flexibility index (Phi) is 4.42. The Morgan fingerprint density at radius 2 is 2.00 bits per heavy atom. The number of methoxy groups -OCH3 is 1. The van der Waals surface area contributed by atoms with Crippen molar-refractivity contribution in [2.75, 3.05) is 7.11 Å². The standard InChI is InChI=1S/C14H14BrF3O2/c1-20-13(19)12(8-3-2-4-8)9-5-10(14(16,17)18)7-11(15)6-9/h5-8,12H,2-4H2,1H3. The largest absolute Gasteiger partial charge is 0.469 e. The zero-order chi connectivity index (χ0) is 14.9. The van der Waals surface area contributed by atoms with E-state index >= 15 is 0 Å². The maximum atomic E-state index is 12.9. The van der Waals surface area contributed by atoms with Crippen LogP contribution in [0.2, 0.25) is 0 Å². The van der Waals surface area contributed by atoms with Crippen molar-refractivity contribution in [3.63, 3.8) is 0 Å². The molecule has 20 heavy (non-hydrogen) atoms. The molecule has 0 heterocycles. The van der Waals surface area contributed by atoms with Crippen molar-refractivity contribution in [2.45, 2.75) is 31.4 Å². The first-order valence-electron chi connectivity index (χ1n) is 6.28. The fourth-order valence-corrected chi connectivity index (χ4v) is 2.97. The van der Waals surface area contributed by atoms with Gasteiger partial charge in [-0.25, -0.2) is 0 Å². The second kappa shape index (κ2) is 5.76. The predicted molar refractivity (Wildman–Crippen MR) is 71.2 cm³/mol. The van der Waals surface area contributed by atoms with Crippen molar-refractivity contribution < 1.29 is 22.7 Å². The topological polar surface area (TPSA) is 26.3 Å². The Balaban J connectivity index is 2.42. The predicted octanol–water partition coefficient (Wildman–Crippen LogP) is 4.52. The molecule has 6 heteroatoms. The Bertz CT molecular complexity index is 510. The minimum atomic E-state index is -4.43. The average molecular weight is 351 g/mol. The van der Waals surface area contributed by atoms with Crippen molar-refractivity contribution in [3.8, 4) is 0 Å². The van der Waals surface area contributed by atoms with Crippen molar-refractivity contribution in [1.29, 1.82) is 0 Å². The lowest BCUT2D eigenvalue weighted by molar-refractivity contribution is -0.145. The lowest BCUT2D eigenvalue weighted by Gasteiger charge is -2.32. The van der Waals surface area contributed by atoms with Gasteiger partial charge >= 0.3 is 12.1 Å². The van der Waals surface area contributed by atoms with E-state index in [0.29, 0.717) is 10.0 Å². The van der Waals surface area contributed by atoms with Crippen molar-refractivity contribution in [2.24, 2.45) is 5.92 Å². The number of ether oxygens (including phenoxy) is 1. The average Bonchev–Trinajstić information content (AvgIpc) is 2.30. The van der Waals surface area contributed by atoms with E-state index in [-0.39, 0.29) is 5.92 Å². The number of esters is 1. The molecule has 1 aliphatic rings. The Hall–Kier alpha value is -1.04. The van der Waals surface area contributed by atoms with Gasteiger partial charge < -0.3 is 4.74 Å². The third-order valence-electron chi connectivity index (χ3n) is 3.68. The smallest absolute Gasteiger partial charge is 0.416 e. The third-order valence-corrected chi connectivity index (χ3v) is 4.14. The van der Waals surface area contributed by atoms with E-state index in [1.807, 2.05) is 0 Å². The van der Waals surface area contributed by atoms with Gasteiger partial charge in [0.15, 0.2) is 0 Å². The molecular formula is C14H14BrF3O2. The molecule has 2 nitrogen and oxygen atoms in total. The van der Waals surface area contributed by atoms with Gasteiger partial charge in [-0.3, -0.25) is 4.79 Å². The number of benzene rings is 1. The summed E-state index contributed by atoms with van der Waals surface area (Å²) in [4.78, 5) is 11.9. The molecule has 1 fully saturated rings. The molecule has 1 saturated carbocycles. The monoisotopic (exact) mass is 350 g/mol. The highest BCUT2D eigenvalue weighted by Gasteiger charge is 2.37. The van der Waals surface area contributed by atoms with Crippen molar-refractivity contribution in [3.05, 3.63) is 33.8 Å². The van der Waals surface area contributed by atoms with Gasteiger partial charge in [0.2, 0.25) is 0 Å². The third kappa shape index (κ3) is 3.16. The van der Waals surface area contributed by atoms with Crippen molar-refractivity contribution >= 4 is 21.9 Å². The highest BCUT2D eigenvalue weighted by Crippen LogP contribution is 2.42. The number of alkyl halides is 3. The lowest BCUT2D eigenvalue weighted by Crippen LogP contribution is -2.28. The summed E-state index contributed by atoms with van der Waals surface area (Å²) >= 11 is 3.08. The molecule has 0 bridgehead atoms. The minimum Gasteiger partial charge on any atom is -0.469 e. The molecule has 2 rings (SSSR count). The quantitative estimate of drug-likeness (QED) is 0.749. The molecule has 0 amide bonds. The van der Waals surface area contributed by atoms with Crippen molar-refractivity contribution in [1.82, 2.24) is 0 Å². The van der Waals surface area contributed by atoms with E-state index in [2.05, 4.69) is 15.9 Å². The summed E-state index contributed by atoms with van der Waals surface area (Å²) < 4.78 is 43.6. The van der Waals surface area contributed by atoms with Crippen LogP contribution >= 0.6 is 15.9 Å². The summed E-state index contributed by atoms with van der Waals surface area (Å²) in [6.07, 6.45) is -1.75. The molecule has 1 unspecified atom stereocenters. The SMILES string of the molecule is COC(=O)C(c1cc(Br)cc(C(F)(F)F)c1)C1CCC1. The van der Waals surface area contributed by atoms with Gasteiger partial charge in [-0.2, -0.15) is 13.2 Å². The highest BCUT2D eigenvalue weighted by molar-refractivity contribution is 9.10. The second-order valence-electron chi connectivity index (χ2n) is 4.96. The molecule has 1 aliphatic carbocycles. The van der Waals surface area contributed by atoms with Gasteiger partial charge in [-0.05, 0) is 42.5 Å². The van der Waals surface area contributed by atoms with E-state index in [4.69, 9.17) is 4.74 Å². The van der Waals surface area contributed by atoms with Crippen LogP contribution in [0.3, 0.4) is 0 Å². The molecule has 0 N–H and O–H groups in total. The van der Waals surface area contributed by atoms with Crippen LogP contribution in [0.5, 0.6) is 0 Å². The van der Waals surface area contributed by atoms with Gasteiger partial charge in [0.05, 0.1) is 18.6 Å².